The van der Waals surface area contributed by atoms with Gasteiger partial charge in [-0.15, -0.1) is 0 Å². The van der Waals surface area contributed by atoms with Crippen molar-refractivity contribution < 1.29 is 9.90 Å². The molecule has 3 N–H and O–H groups in total. The van der Waals surface area contributed by atoms with Gasteiger partial charge in [0, 0.05) is 5.69 Å². The molecule has 88 valence electrons. The largest absolute Gasteiger partial charge is 0.481 e. The number of carbonyl (C=O) groups is 1. The van der Waals surface area contributed by atoms with E-state index in [-0.39, 0.29) is 6.42 Å². The van der Waals surface area contributed by atoms with E-state index < -0.39 is 5.97 Å². The van der Waals surface area contributed by atoms with Gasteiger partial charge in [-0.3, -0.25) is 9.89 Å². The number of nitrogens with one attached hydrogen (secondary N) is 2. The number of H-pyrrole nitrogens is 1. The third-order valence-electron chi connectivity index (χ3n) is 2.12. The smallest absolute Gasteiger partial charge is 0.311 e. The molecule has 2 rings (SSSR count). The molecule has 0 spiro atoms. The van der Waals surface area contributed by atoms with Crippen molar-refractivity contribution in [2.75, 3.05) is 5.32 Å². The summed E-state index contributed by atoms with van der Waals surface area (Å²) >= 11 is 0. The van der Waals surface area contributed by atoms with Crippen LogP contribution in [0.25, 0.3) is 0 Å². The van der Waals surface area contributed by atoms with Gasteiger partial charge in [-0.2, -0.15) is 5.10 Å². The molecule has 0 bridgehead atoms. The lowest BCUT2D eigenvalue weighted by Gasteiger charge is -2.02. The van der Waals surface area contributed by atoms with Crippen molar-refractivity contribution in [3.63, 3.8) is 0 Å². The highest BCUT2D eigenvalue weighted by Crippen LogP contribution is 2.06. The Bertz CT molecular complexity index is 495. The first-order chi connectivity index (χ1) is 8.24. The number of hydrogen-bond donors (Lipinski definition) is 3. The quantitative estimate of drug-likeness (QED) is 0.716. The van der Waals surface area contributed by atoms with Crippen LogP contribution in [0, 0.1) is 0 Å². The summed E-state index contributed by atoms with van der Waals surface area (Å²) in [5, 5.41) is 18.2. The fourth-order valence-corrected chi connectivity index (χ4v) is 1.37. The summed E-state index contributed by atoms with van der Waals surface area (Å²) in [6.07, 6.45) is -0.165. The Labute approximate surface area is 97.7 Å². The van der Waals surface area contributed by atoms with Crippen LogP contribution in [0.2, 0.25) is 0 Å². The number of hydrogen-bond acceptors (Lipinski definition) is 4. The summed E-state index contributed by atoms with van der Waals surface area (Å²) in [5.74, 6) is -0.0287. The van der Waals surface area contributed by atoms with Crippen LogP contribution in [0.5, 0.6) is 0 Å². The molecule has 0 fully saturated rings. The van der Waals surface area contributed by atoms with Crippen LogP contribution in [0.1, 0.15) is 11.6 Å². The van der Waals surface area contributed by atoms with Crippen LogP contribution in [-0.2, 0) is 17.8 Å². The molecule has 1 aromatic carbocycles. The van der Waals surface area contributed by atoms with Crippen molar-refractivity contribution in [3.8, 4) is 0 Å². The van der Waals surface area contributed by atoms with Gasteiger partial charge in [0.2, 0.25) is 0 Å². The predicted octanol–water partition coefficient (Wildman–Crippen LogP) is 1.04. The van der Waals surface area contributed by atoms with Gasteiger partial charge in [-0.05, 0) is 12.1 Å². The van der Waals surface area contributed by atoms with Gasteiger partial charge < -0.3 is 10.4 Å². The second-order valence-electron chi connectivity index (χ2n) is 3.49. The van der Waals surface area contributed by atoms with Crippen molar-refractivity contribution in [3.05, 3.63) is 42.0 Å². The van der Waals surface area contributed by atoms with Crippen molar-refractivity contribution >= 4 is 11.7 Å². The first-order valence-corrected chi connectivity index (χ1v) is 5.15. The number of para-hydroxylation sites is 1. The Hall–Kier alpha value is -2.37. The minimum Gasteiger partial charge on any atom is -0.481 e. The van der Waals surface area contributed by atoms with Gasteiger partial charge in [0.15, 0.2) is 5.82 Å². The number of anilines is 1. The molecule has 6 nitrogen and oxygen atoms in total. The highest BCUT2D eigenvalue weighted by Gasteiger charge is 2.06. The number of aromatic amines is 1. The summed E-state index contributed by atoms with van der Waals surface area (Å²) in [6, 6.07) is 9.67. The lowest BCUT2D eigenvalue weighted by Crippen LogP contribution is -2.03. The summed E-state index contributed by atoms with van der Waals surface area (Å²) in [4.78, 5) is 14.5. The van der Waals surface area contributed by atoms with Gasteiger partial charge in [-0.1, -0.05) is 18.2 Å². The fourth-order valence-electron chi connectivity index (χ4n) is 1.37. The number of nitrogens with zero attached hydrogens (tertiary/aromatic N) is 2. The molecular weight excluding hydrogens is 220 g/mol. The van der Waals surface area contributed by atoms with Crippen LogP contribution < -0.4 is 5.32 Å². The zero-order valence-electron chi connectivity index (χ0n) is 9.05. The fraction of sp³-hybridized carbons (Fsp3) is 0.182. The lowest BCUT2D eigenvalue weighted by molar-refractivity contribution is -0.136. The van der Waals surface area contributed by atoms with Crippen LogP contribution in [0.15, 0.2) is 30.3 Å². The zero-order chi connectivity index (χ0) is 12.1. The Morgan fingerprint density at radius 1 is 1.35 bits per heavy atom. The summed E-state index contributed by atoms with van der Waals surface area (Å²) in [7, 11) is 0. The van der Waals surface area contributed by atoms with E-state index in [2.05, 4.69) is 20.5 Å². The van der Waals surface area contributed by atoms with Crippen LogP contribution in [0.3, 0.4) is 0 Å². The number of carboxylic acid groups (broad SMARTS) is 1. The Morgan fingerprint density at radius 3 is 2.82 bits per heavy atom. The van der Waals surface area contributed by atoms with E-state index in [0.717, 1.165) is 5.69 Å². The van der Waals surface area contributed by atoms with Crippen molar-refractivity contribution in [2.24, 2.45) is 0 Å². The molecule has 0 unspecified atom stereocenters. The molecule has 1 aromatic heterocycles. The van der Waals surface area contributed by atoms with E-state index in [1.807, 2.05) is 30.3 Å². The first-order valence-electron chi connectivity index (χ1n) is 5.15. The van der Waals surface area contributed by atoms with Gasteiger partial charge in [0.25, 0.3) is 0 Å². The molecule has 0 atom stereocenters. The summed E-state index contributed by atoms with van der Waals surface area (Å²) < 4.78 is 0. The summed E-state index contributed by atoms with van der Waals surface area (Å²) in [6.45, 7) is 0.483. The molecule has 0 saturated heterocycles. The number of aliphatic carboxylic acids is 1. The Morgan fingerprint density at radius 2 is 2.12 bits per heavy atom. The van der Waals surface area contributed by atoms with Gasteiger partial charge in [0.1, 0.15) is 12.2 Å². The lowest BCUT2D eigenvalue weighted by atomic mass is 10.3. The summed E-state index contributed by atoms with van der Waals surface area (Å²) in [5.41, 5.74) is 0.976. The normalized spacial score (nSPS) is 10.1. The molecule has 0 saturated carbocycles. The molecule has 0 aliphatic rings. The van der Waals surface area contributed by atoms with Crippen LogP contribution >= 0.6 is 0 Å². The van der Waals surface area contributed by atoms with Crippen molar-refractivity contribution in [1.29, 1.82) is 0 Å². The van der Waals surface area contributed by atoms with Gasteiger partial charge in [0.05, 0.1) is 6.54 Å². The molecule has 1 heterocycles. The van der Waals surface area contributed by atoms with E-state index in [0.29, 0.717) is 18.2 Å². The third kappa shape index (κ3) is 3.30. The van der Waals surface area contributed by atoms with Crippen molar-refractivity contribution in [2.45, 2.75) is 13.0 Å². The number of aromatic nitrogens is 3. The highest BCUT2D eigenvalue weighted by molar-refractivity contribution is 5.68. The first kappa shape index (κ1) is 11.1. The van der Waals surface area contributed by atoms with E-state index in [1.54, 1.807) is 0 Å². The molecule has 6 heteroatoms. The molecule has 2 aromatic rings. The Kier molecular flexibility index (Phi) is 3.34. The number of rotatable bonds is 5. The van der Waals surface area contributed by atoms with E-state index >= 15 is 0 Å². The molecule has 0 amide bonds. The maximum Gasteiger partial charge on any atom is 0.311 e. The topological polar surface area (TPSA) is 90.9 Å². The molecule has 0 aliphatic heterocycles. The average molecular weight is 232 g/mol. The monoisotopic (exact) mass is 232 g/mol. The number of benzene rings is 1. The SMILES string of the molecule is O=C(O)Cc1n[nH]c(CNc2ccccc2)n1. The highest BCUT2D eigenvalue weighted by atomic mass is 16.4. The van der Waals surface area contributed by atoms with E-state index in [1.165, 1.54) is 0 Å². The predicted molar refractivity (Wildman–Crippen MR) is 61.5 cm³/mol. The van der Waals surface area contributed by atoms with Gasteiger partial charge >= 0.3 is 5.97 Å². The molecule has 0 radical (unpaired) electrons. The van der Waals surface area contributed by atoms with Crippen LogP contribution in [0.4, 0.5) is 5.69 Å². The second-order valence-corrected chi connectivity index (χ2v) is 3.49. The maximum atomic E-state index is 10.4. The van der Waals surface area contributed by atoms with Crippen LogP contribution in [-0.4, -0.2) is 26.3 Å². The average Bonchev–Trinajstić information content (AvgIpc) is 2.75. The van der Waals surface area contributed by atoms with E-state index in [9.17, 15) is 4.79 Å². The maximum absolute atomic E-state index is 10.4. The third-order valence-corrected chi connectivity index (χ3v) is 2.12. The Balaban J connectivity index is 1.91. The molecular formula is C11H12N4O2. The minimum absolute atomic E-state index is 0.165. The zero-order valence-corrected chi connectivity index (χ0v) is 9.05. The molecule has 17 heavy (non-hydrogen) atoms. The minimum atomic E-state index is -0.938. The van der Waals surface area contributed by atoms with E-state index in [4.69, 9.17) is 5.11 Å². The molecule has 0 aliphatic carbocycles. The van der Waals surface area contributed by atoms with Crippen molar-refractivity contribution in [1.82, 2.24) is 15.2 Å². The standard InChI is InChI=1S/C11H12N4O2/c16-11(17)6-9-13-10(15-14-9)7-12-8-4-2-1-3-5-8/h1-5,12H,6-7H2,(H,16,17)(H,13,14,15). The van der Waals surface area contributed by atoms with Gasteiger partial charge in [-0.25, -0.2) is 4.98 Å². The second kappa shape index (κ2) is 5.11. The number of carboxylic acids is 1.